The molecule has 21 heavy (non-hydrogen) atoms. The van der Waals surface area contributed by atoms with Crippen molar-refractivity contribution < 1.29 is 14.4 Å². The van der Waals surface area contributed by atoms with E-state index in [0.717, 1.165) is 0 Å². The molecular weight excluding hydrogens is 336 g/mol. The van der Waals surface area contributed by atoms with Gasteiger partial charge in [-0.15, -0.1) is 0 Å². The van der Waals surface area contributed by atoms with Crippen molar-refractivity contribution in [1.29, 1.82) is 0 Å². The largest absolute Gasteiger partial charge is 0.397 e. The first-order valence-corrected chi connectivity index (χ1v) is 6.86. The average Bonchev–Trinajstić information content (AvgIpc) is 2.48. The van der Waals surface area contributed by atoms with Crippen molar-refractivity contribution >= 4 is 45.3 Å². The SMILES string of the molecule is Nc1c(Br)cc(NC=O)c2c1C(=O)c1ccccc1C2=O. The molecule has 0 aliphatic heterocycles. The van der Waals surface area contributed by atoms with E-state index >= 15 is 0 Å². The molecule has 0 saturated heterocycles. The van der Waals surface area contributed by atoms with E-state index in [9.17, 15) is 14.4 Å². The number of nitrogen functional groups attached to an aromatic ring is 1. The number of hydrogen-bond donors (Lipinski definition) is 2. The molecule has 104 valence electrons. The van der Waals surface area contributed by atoms with Crippen molar-refractivity contribution in [2.24, 2.45) is 0 Å². The monoisotopic (exact) mass is 344 g/mol. The van der Waals surface area contributed by atoms with Crippen molar-refractivity contribution in [3.05, 3.63) is 57.1 Å². The fourth-order valence-electron chi connectivity index (χ4n) is 2.46. The first-order chi connectivity index (χ1) is 10.1. The van der Waals surface area contributed by atoms with Gasteiger partial charge in [0, 0.05) is 15.6 Å². The molecular formula is C15H9BrN2O3. The van der Waals surface area contributed by atoms with Gasteiger partial charge < -0.3 is 11.1 Å². The summed E-state index contributed by atoms with van der Waals surface area (Å²) in [5.74, 6) is -0.656. The Morgan fingerprint density at radius 2 is 1.62 bits per heavy atom. The van der Waals surface area contributed by atoms with Gasteiger partial charge >= 0.3 is 0 Å². The summed E-state index contributed by atoms with van der Waals surface area (Å²) >= 11 is 3.24. The second-order valence-corrected chi connectivity index (χ2v) is 5.39. The Morgan fingerprint density at radius 3 is 2.19 bits per heavy atom. The van der Waals surface area contributed by atoms with Crippen LogP contribution in [0.2, 0.25) is 0 Å². The van der Waals surface area contributed by atoms with Gasteiger partial charge in [-0.25, -0.2) is 0 Å². The predicted molar refractivity (Wildman–Crippen MR) is 81.5 cm³/mol. The van der Waals surface area contributed by atoms with Crippen LogP contribution in [-0.2, 0) is 4.79 Å². The van der Waals surface area contributed by atoms with Crippen LogP contribution in [-0.4, -0.2) is 18.0 Å². The number of halogens is 1. The van der Waals surface area contributed by atoms with Gasteiger partial charge in [-0.05, 0) is 22.0 Å². The van der Waals surface area contributed by atoms with Crippen LogP contribution in [0.15, 0.2) is 34.8 Å². The molecule has 0 fully saturated rings. The molecule has 0 bridgehead atoms. The highest BCUT2D eigenvalue weighted by Gasteiger charge is 2.34. The quantitative estimate of drug-likeness (QED) is 0.551. The summed E-state index contributed by atoms with van der Waals surface area (Å²) in [5.41, 5.74) is 7.27. The van der Waals surface area contributed by atoms with Crippen molar-refractivity contribution in [2.75, 3.05) is 11.1 Å². The molecule has 6 heteroatoms. The maximum Gasteiger partial charge on any atom is 0.211 e. The van der Waals surface area contributed by atoms with Crippen molar-refractivity contribution in [3.8, 4) is 0 Å². The summed E-state index contributed by atoms with van der Waals surface area (Å²) < 4.78 is 0.450. The Morgan fingerprint density at radius 1 is 1.05 bits per heavy atom. The maximum atomic E-state index is 12.6. The van der Waals surface area contributed by atoms with Gasteiger partial charge in [0.1, 0.15) is 0 Å². The molecule has 1 aliphatic rings. The van der Waals surface area contributed by atoms with E-state index in [0.29, 0.717) is 22.0 Å². The molecule has 0 radical (unpaired) electrons. The number of ketones is 2. The average molecular weight is 345 g/mol. The van der Waals surface area contributed by atoms with Crippen LogP contribution in [0.1, 0.15) is 31.8 Å². The zero-order valence-corrected chi connectivity index (χ0v) is 12.2. The minimum absolute atomic E-state index is 0.123. The normalized spacial score (nSPS) is 12.6. The van der Waals surface area contributed by atoms with Gasteiger partial charge in [0.05, 0.1) is 22.5 Å². The van der Waals surface area contributed by atoms with Gasteiger partial charge in [0.25, 0.3) is 0 Å². The van der Waals surface area contributed by atoms with Crippen molar-refractivity contribution in [2.45, 2.75) is 0 Å². The molecule has 0 spiro atoms. The van der Waals surface area contributed by atoms with Crippen LogP contribution in [0.5, 0.6) is 0 Å². The number of benzene rings is 2. The predicted octanol–water partition coefficient (Wildman–Crippen LogP) is 2.38. The Labute approximate surface area is 128 Å². The second-order valence-electron chi connectivity index (χ2n) is 4.54. The van der Waals surface area contributed by atoms with E-state index in [1.165, 1.54) is 6.07 Å². The Hall–Kier alpha value is -2.47. The molecule has 1 amide bonds. The number of hydrogen-bond acceptors (Lipinski definition) is 4. The van der Waals surface area contributed by atoms with Gasteiger partial charge in [0.2, 0.25) is 6.41 Å². The van der Waals surface area contributed by atoms with E-state index in [1.54, 1.807) is 24.3 Å². The number of rotatable bonds is 2. The van der Waals surface area contributed by atoms with E-state index in [2.05, 4.69) is 21.2 Å². The van der Waals surface area contributed by atoms with E-state index < -0.39 is 0 Å². The molecule has 0 atom stereocenters. The first kappa shape index (κ1) is 13.5. The molecule has 2 aromatic rings. The topological polar surface area (TPSA) is 89.3 Å². The van der Waals surface area contributed by atoms with E-state index in [-0.39, 0.29) is 34.1 Å². The third-order valence-electron chi connectivity index (χ3n) is 3.40. The lowest BCUT2D eigenvalue weighted by Crippen LogP contribution is -2.24. The van der Waals surface area contributed by atoms with Crippen LogP contribution >= 0.6 is 15.9 Å². The van der Waals surface area contributed by atoms with Crippen LogP contribution in [0.25, 0.3) is 0 Å². The number of carbonyl (C=O) groups is 3. The summed E-state index contributed by atoms with van der Waals surface area (Å²) in [6, 6.07) is 8.06. The number of carbonyl (C=O) groups excluding carboxylic acids is 3. The zero-order chi connectivity index (χ0) is 15.1. The lowest BCUT2D eigenvalue weighted by molar-refractivity contribution is -0.105. The fourth-order valence-corrected chi connectivity index (χ4v) is 2.89. The molecule has 0 unspecified atom stereocenters. The standard InChI is InChI=1S/C15H9BrN2O3/c16-9-5-10(18-6-19)11-12(13(9)17)15(21)8-4-2-1-3-7(8)14(11)20/h1-6H,17H2,(H,18,19). The second kappa shape index (κ2) is 4.82. The summed E-state index contributed by atoms with van der Waals surface area (Å²) in [4.78, 5) is 36.0. The minimum atomic E-state index is -0.330. The van der Waals surface area contributed by atoms with Gasteiger partial charge in [-0.3, -0.25) is 14.4 Å². The summed E-state index contributed by atoms with van der Waals surface area (Å²) in [5, 5.41) is 2.45. The third-order valence-corrected chi connectivity index (χ3v) is 4.06. The van der Waals surface area contributed by atoms with Crippen LogP contribution in [0.3, 0.4) is 0 Å². The van der Waals surface area contributed by atoms with Gasteiger partial charge in [-0.2, -0.15) is 0 Å². The van der Waals surface area contributed by atoms with Crippen molar-refractivity contribution in [1.82, 2.24) is 0 Å². The molecule has 3 rings (SSSR count). The number of amides is 1. The molecule has 0 heterocycles. The summed E-state index contributed by atoms with van der Waals surface area (Å²) in [7, 11) is 0. The Balaban J connectivity index is 2.39. The smallest absolute Gasteiger partial charge is 0.211 e. The highest BCUT2D eigenvalue weighted by atomic mass is 79.9. The van der Waals surface area contributed by atoms with Gasteiger partial charge in [0.15, 0.2) is 11.6 Å². The zero-order valence-electron chi connectivity index (χ0n) is 10.6. The van der Waals surface area contributed by atoms with E-state index in [4.69, 9.17) is 5.73 Å². The number of nitrogens with one attached hydrogen (secondary N) is 1. The lowest BCUT2D eigenvalue weighted by Gasteiger charge is -2.22. The molecule has 3 N–H and O–H groups in total. The minimum Gasteiger partial charge on any atom is -0.397 e. The van der Waals surface area contributed by atoms with Crippen LogP contribution in [0.4, 0.5) is 11.4 Å². The number of nitrogens with two attached hydrogens (primary N) is 1. The molecule has 2 aromatic carbocycles. The molecule has 0 aromatic heterocycles. The number of anilines is 2. The highest BCUT2D eigenvalue weighted by Crippen LogP contribution is 2.39. The molecule has 1 aliphatic carbocycles. The number of fused-ring (bicyclic) bond motifs is 2. The lowest BCUT2D eigenvalue weighted by atomic mass is 9.82. The summed E-state index contributed by atoms with van der Waals surface area (Å²) in [6.45, 7) is 0. The van der Waals surface area contributed by atoms with Crippen molar-refractivity contribution in [3.63, 3.8) is 0 Å². The molecule has 0 saturated carbocycles. The maximum absolute atomic E-state index is 12.6. The van der Waals surface area contributed by atoms with Gasteiger partial charge in [-0.1, -0.05) is 24.3 Å². The molecule has 5 nitrogen and oxygen atoms in total. The van der Waals surface area contributed by atoms with Crippen LogP contribution < -0.4 is 11.1 Å². The van der Waals surface area contributed by atoms with Crippen LogP contribution in [0, 0.1) is 0 Å². The first-order valence-electron chi connectivity index (χ1n) is 6.06. The summed E-state index contributed by atoms with van der Waals surface area (Å²) in [6.07, 6.45) is 0.455. The van der Waals surface area contributed by atoms with E-state index in [1.807, 2.05) is 0 Å². The Kier molecular flexibility index (Phi) is 3.10. The third kappa shape index (κ3) is 1.87. The Bertz CT molecular complexity index is 815. The fraction of sp³-hybridized carbons (Fsp3) is 0. The highest BCUT2D eigenvalue weighted by molar-refractivity contribution is 9.10.